The lowest BCUT2D eigenvalue weighted by Gasteiger charge is -2.43. The molecule has 5 heteroatoms. The molecule has 166 valence electrons. The molecule has 3 aromatic rings. The summed E-state index contributed by atoms with van der Waals surface area (Å²) in [6.07, 6.45) is 16.5. The van der Waals surface area contributed by atoms with E-state index in [0.717, 1.165) is 27.7 Å². The fourth-order valence-electron chi connectivity index (χ4n) is 4.94. The van der Waals surface area contributed by atoms with Crippen molar-refractivity contribution >= 4 is 33.8 Å². The summed E-state index contributed by atoms with van der Waals surface area (Å²) in [5.74, 6) is -0.351. The summed E-state index contributed by atoms with van der Waals surface area (Å²) < 4.78 is 2.17. The van der Waals surface area contributed by atoms with E-state index in [0.29, 0.717) is 6.54 Å². The molecule has 1 aliphatic heterocycles. The maximum Gasteiger partial charge on any atom is 0.236 e. The smallest absolute Gasteiger partial charge is 0.236 e. The molecule has 0 saturated carbocycles. The molecule has 1 aliphatic carbocycles. The van der Waals surface area contributed by atoms with E-state index in [-0.39, 0.29) is 19.1 Å². The maximum atomic E-state index is 11.6. The van der Waals surface area contributed by atoms with E-state index in [1.54, 1.807) is 0 Å². The number of benzene rings is 2. The molecule has 0 bridgehead atoms. The van der Waals surface area contributed by atoms with Crippen molar-refractivity contribution in [1.82, 2.24) is 9.47 Å². The Balaban J connectivity index is 1.54. The molecular formula is C28H27N3O2. The standard InChI is InChI=1S/C28H27N3O2/c1-28-14-5-4-7-24(28)21(13-15-30(28)19-27(29)33)11-9-20-10-12-26-23(18-20)22-6-2-3-8-25(22)31(26)16-17-32/h2-15,18,32H,16-17,19H2,1H3,(H2,29,33)/b11-9+. The van der Waals surface area contributed by atoms with Gasteiger partial charge in [0, 0.05) is 34.6 Å². The van der Waals surface area contributed by atoms with Crippen molar-refractivity contribution in [3.63, 3.8) is 0 Å². The van der Waals surface area contributed by atoms with E-state index >= 15 is 0 Å². The van der Waals surface area contributed by atoms with Crippen LogP contribution in [0.2, 0.25) is 0 Å². The number of nitrogens with two attached hydrogens (primary N) is 1. The summed E-state index contributed by atoms with van der Waals surface area (Å²) >= 11 is 0. The number of nitrogens with zero attached hydrogens (tertiary/aromatic N) is 2. The highest BCUT2D eigenvalue weighted by Gasteiger charge is 2.35. The number of hydrogen-bond acceptors (Lipinski definition) is 3. The molecular weight excluding hydrogens is 410 g/mol. The summed E-state index contributed by atoms with van der Waals surface area (Å²) in [6.45, 7) is 2.94. The number of allylic oxidation sites excluding steroid dienone is 5. The van der Waals surface area contributed by atoms with Crippen molar-refractivity contribution < 1.29 is 9.90 Å². The molecule has 1 atom stereocenters. The molecule has 5 nitrogen and oxygen atoms in total. The van der Waals surface area contributed by atoms with Crippen LogP contribution in [-0.4, -0.2) is 39.2 Å². The van der Waals surface area contributed by atoms with Gasteiger partial charge in [-0.1, -0.05) is 60.7 Å². The van der Waals surface area contributed by atoms with Gasteiger partial charge in [0.15, 0.2) is 0 Å². The zero-order chi connectivity index (χ0) is 23.0. The Morgan fingerprint density at radius 2 is 1.88 bits per heavy atom. The van der Waals surface area contributed by atoms with Gasteiger partial charge in [-0.2, -0.15) is 0 Å². The molecule has 0 spiro atoms. The largest absolute Gasteiger partial charge is 0.395 e. The van der Waals surface area contributed by atoms with Gasteiger partial charge in [0.2, 0.25) is 5.91 Å². The predicted molar refractivity (Wildman–Crippen MR) is 134 cm³/mol. The summed E-state index contributed by atoms with van der Waals surface area (Å²) in [5.41, 5.74) is 10.6. The van der Waals surface area contributed by atoms with Crippen molar-refractivity contribution in [1.29, 1.82) is 0 Å². The van der Waals surface area contributed by atoms with Gasteiger partial charge in [-0.25, -0.2) is 0 Å². The fourth-order valence-corrected chi connectivity index (χ4v) is 4.94. The Bertz CT molecular complexity index is 1400. The van der Waals surface area contributed by atoms with Gasteiger partial charge in [0.1, 0.15) is 0 Å². The van der Waals surface area contributed by atoms with Crippen LogP contribution in [0, 0.1) is 0 Å². The van der Waals surface area contributed by atoms with Gasteiger partial charge >= 0.3 is 0 Å². The average Bonchev–Trinajstić information content (AvgIpc) is 3.12. The number of primary amides is 1. The van der Waals surface area contributed by atoms with Gasteiger partial charge in [-0.15, -0.1) is 0 Å². The molecule has 5 rings (SSSR count). The van der Waals surface area contributed by atoms with Crippen LogP contribution >= 0.6 is 0 Å². The third-order valence-corrected chi connectivity index (χ3v) is 6.58. The molecule has 2 aromatic carbocycles. The molecule has 0 saturated heterocycles. The first-order chi connectivity index (χ1) is 16.0. The highest BCUT2D eigenvalue weighted by Crippen LogP contribution is 2.37. The Kier molecular flexibility index (Phi) is 5.27. The lowest BCUT2D eigenvalue weighted by molar-refractivity contribution is -0.119. The van der Waals surface area contributed by atoms with E-state index in [9.17, 15) is 9.90 Å². The Hall–Kier alpha value is -3.83. The van der Waals surface area contributed by atoms with Gasteiger partial charge in [-0.3, -0.25) is 4.79 Å². The quantitative estimate of drug-likeness (QED) is 0.604. The van der Waals surface area contributed by atoms with Crippen LogP contribution < -0.4 is 5.73 Å². The van der Waals surface area contributed by atoms with E-state index in [4.69, 9.17) is 5.73 Å². The molecule has 2 aliphatic rings. The van der Waals surface area contributed by atoms with Crippen molar-refractivity contribution in [3.8, 4) is 0 Å². The summed E-state index contributed by atoms with van der Waals surface area (Å²) in [7, 11) is 0. The number of carbonyl (C=O) groups is 1. The van der Waals surface area contributed by atoms with Gasteiger partial charge < -0.3 is 20.3 Å². The summed E-state index contributed by atoms with van der Waals surface area (Å²) in [6, 6.07) is 14.7. The van der Waals surface area contributed by atoms with Crippen LogP contribution in [0.4, 0.5) is 0 Å². The van der Waals surface area contributed by atoms with E-state index < -0.39 is 5.54 Å². The van der Waals surface area contributed by atoms with Crippen molar-refractivity contribution in [3.05, 3.63) is 102 Å². The van der Waals surface area contributed by atoms with E-state index in [1.165, 1.54) is 10.8 Å². The highest BCUT2D eigenvalue weighted by atomic mass is 16.3. The van der Waals surface area contributed by atoms with Crippen LogP contribution in [0.15, 0.2) is 96.3 Å². The minimum Gasteiger partial charge on any atom is -0.395 e. The van der Waals surface area contributed by atoms with Crippen LogP contribution in [0.1, 0.15) is 12.5 Å². The molecule has 1 amide bonds. The van der Waals surface area contributed by atoms with Gasteiger partial charge in [0.25, 0.3) is 0 Å². The fraction of sp³-hybridized carbons (Fsp3) is 0.179. The third kappa shape index (κ3) is 3.60. The second-order valence-corrected chi connectivity index (χ2v) is 8.65. The number of rotatable bonds is 6. The first-order valence-electron chi connectivity index (χ1n) is 11.1. The van der Waals surface area contributed by atoms with Crippen LogP contribution in [-0.2, 0) is 11.3 Å². The SMILES string of the molecule is CC12C=CC=CC1=C(/C=C/c1ccc3c(c1)c1ccccc1n3CCO)C=CN2CC(N)=O. The number of aliphatic hydroxyl groups is 1. The molecule has 1 unspecified atom stereocenters. The topological polar surface area (TPSA) is 71.5 Å². The molecule has 1 aromatic heterocycles. The van der Waals surface area contributed by atoms with Crippen molar-refractivity contribution in [2.45, 2.75) is 19.0 Å². The summed E-state index contributed by atoms with van der Waals surface area (Å²) in [4.78, 5) is 13.6. The number of hydrogen-bond donors (Lipinski definition) is 2. The molecule has 3 N–H and O–H groups in total. The lowest BCUT2D eigenvalue weighted by Crippen LogP contribution is -2.48. The van der Waals surface area contributed by atoms with Gasteiger partial charge in [0.05, 0.1) is 18.7 Å². The molecule has 0 radical (unpaired) electrons. The zero-order valence-corrected chi connectivity index (χ0v) is 18.6. The van der Waals surface area contributed by atoms with Crippen LogP contribution in [0.25, 0.3) is 27.9 Å². The normalized spacial score (nSPS) is 19.9. The predicted octanol–water partition coefficient (Wildman–Crippen LogP) is 4.30. The van der Waals surface area contributed by atoms with E-state index in [2.05, 4.69) is 72.2 Å². The number of fused-ring (bicyclic) bond motifs is 4. The number of aliphatic hydroxyl groups excluding tert-OH is 1. The Morgan fingerprint density at radius 1 is 1.06 bits per heavy atom. The van der Waals surface area contributed by atoms with Crippen LogP contribution in [0.3, 0.4) is 0 Å². The Labute approximate surface area is 193 Å². The highest BCUT2D eigenvalue weighted by molar-refractivity contribution is 6.08. The maximum absolute atomic E-state index is 11.6. The average molecular weight is 438 g/mol. The number of carbonyl (C=O) groups excluding carboxylic acids is 1. The number of para-hydroxylation sites is 1. The number of aromatic nitrogens is 1. The zero-order valence-electron chi connectivity index (χ0n) is 18.6. The second kappa shape index (κ2) is 8.26. The number of amides is 1. The molecule has 33 heavy (non-hydrogen) atoms. The minimum absolute atomic E-state index is 0.103. The monoisotopic (exact) mass is 437 g/mol. The van der Waals surface area contributed by atoms with Gasteiger partial charge in [-0.05, 0) is 47.9 Å². The third-order valence-electron chi connectivity index (χ3n) is 6.58. The Morgan fingerprint density at radius 3 is 2.70 bits per heavy atom. The van der Waals surface area contributed by atoms with Crippen molar-refractivity contribution in [2.75, 3.05) is 13.2 Å². The molecule has 2 heterocycles. The minimum atomic E-state index is -0.417. The second-order valence-electron chi connectivity index (χ2n) is 8.65. The van der Waals surface area contributed by atoms with Crippen molar-refractivity contribution in [2.24, 2.45) is 5.73 Å². The lowest BCUT2D eigenvalue weighted by atomic mass is 9.80. The van der Waals surface area contributed by atoms with E-state index in [1.807, 2.05) is 35.4 Å². The first kappa shape index (κ1) is 21.0. The summed E-state index contributed by atoms with van der Waals surface area (Å²) in [5, 5.41) is 11.9. The molecule has 0 fully saturated rings. The first-order valence-corrected chi connectivity index (χ1v) is 11.1. The van der Waals surface area contributed by atoms with Crippen LogP contribution in [0.5, 0.6) is 0 Å².